The van der Waals surface area contributed by atoms with Crippen LogP contribution in [0, 0.1) is 0 Å². The first-order valence-corrected chi connectivity index (χ1v) is 8.43. The Kier molecular flexibility index (Phi) is 4.08. The van der Waals surface area contributed by atoms with E-state index in [9.17, 15) is 9.59 Å². The number of urea groups is 1. The quantitative estimate of drug-likeness (QED) is 0.890. The van der Waals surface area contributed by atoms with Gasteiger partial charge in [0.05, 0.1) is 31.0 Å². The Bertz CT molecular complexity index is 875. The molecule has 2 heterocycles. The number of rotatable bonds is 4. The van der Waals surface area contributed by atoms with Crippen LogP contribution >= 0.6 is 0 Å². The summed E-state index contributed by atoms with van der Waals surface area (Å²) in [6.45, 7) is 0.918. The second kappa shape index (κ2) is 6.55. The van der Waals surface area contributed by atoms with Gasteiger partial charge in [0.15, 0.2) is 0 Å². The van der Waals surface area contributed by atoms with Gasteiger partial charge in [-0.3, -0.25) is 4.79 Å². The molecule has 2 N–H and O–H groups in total. The number of methoxy groups -OCH3 is 1. The van der Waals surface area contributed by atoms with Crippen LogP contribution in [0.25, 0.3) is 0 Å². The SMILES string of the molecule is COc1ccc([C@@H]2NC(=O)NC3=C2C(=O)N(Cc2ccccc2)C3)cc1. The van der Waals surface area contributed by atoms with Gasteiger partial charge in [0.1, 0.15) is 5.75 Å². The van der Waals surface area contributed by atoms with Gasteiger partial charge in [-0.25, -0.2) is 4.79 Å². The van der Waals surface area contributed by atoms with E-state index in [1.54, 1.807) is 12.0 Å². The van der Waals surface area contributed by atoms with Crippen LogP contribution in [0.5, 0.6) is 5.75 Å². The van der Waals surface area contributed by atoms with E-state index in [0.717, 1.165) is 16.9 Å². The van der Waals surface area contributed by atoms with Crippen LogP contribution in [0.1, 0.15) is 17.2 Å². The van der Waals surface area contributed by atoms with Crippen LogP contribution in [0.15, 0.2) is 65.9 Å². The fourth-order valence-corrected chi connectivity index (χ4v) is 3.41. The smallest absolute Gasteiger partial charge is 0.319 e. The molecule has 6 nitrogen and oxygen atoms in total. The summed E-state index contributed by atoms with van der Waals surface area (Å²) in [5.74, 6) is 0.670. The zero-order valence-corrected chi connectivity index (χ0v) is 14.4. The Morgan fingerprint density at radius 2 is 1.81 bits per heavy atom. The molecule has 0 bridgehead atoms. The Balaban J connectivity index is 1.62. The van der Waals surface area contributed by atoms with Crippen molar-refractivity contribution in [1.82, 2.24) is 15.5 Å². The highest BCUT2D eigenvalue weighted by molar-refractivity contribution is 6.01. The Hall–Kier alpha value is -3.28. The predicted molar refractivity (Wildman–Crippen MR) is 96.3 cm³/mol. The lowest BCUT2D eigenvalue weighted by Gasteiger charge is -2.25. The van der Waals surface area contributed by atoms with E-state index in [-0.39, 0.29) is 11.9 Å². The number of nitrogens with zero attached hydrogens (tertiary/aromatic N) is 1. The maximum atomic E-state index is 13.0. The summed E-state index contributed by atoms with van der Waals surface area (Å²) in [6, 6.07) is 16.5. The number of hydrogen-bond donors (Lipinski definition) is 2. The molecule has 0 spiro atoms. The number of hydrogen-bond acceptors (Lipinski definition) is 3. The first-order chi connectivity index (χ1) is 12.7. The Labute approximate surface area is 151 Å². The number of nitrogens with one attached hydrogen (secondary N) is 2. The van der Waals surface area contributed by atoms with Crippen LogP contribution in [0.2, 0.25) is 0 Å². The van der Waals surface area contributed by atoms with E-state index in [1.807, 2.05) is 54.6 Å². The van der Waals surface area contributed by atoms with Crippen molar-refractivity contribution in [3.8, 4) is 5.75 Å². The number of amides is 3. The normalized spacial score (nSPS) is 19.1. The minimum Gasteiger partial charge on any atom is -0.497 e. The molecule has 0 aliphatic carbocycles. The van der Waals surface area contributed by atoms with Crippen molar-refractivity contribution in [3.05, 3.63) is 77.0 Å². The molecule has 0 radical (unpaired) electrons. The van der Waals surface area contributed by atoms with Crippen molar-refractivity contribution in [1.29, 1.82) is 0 Å². The number of benzene rings is 2. The van der Waals surface area contributed by atoms with E-state index >= 15 is 0 Å². The van der Waals surface area contributed by atoms with Gasteiger partial charge in [-0.05, 0) is 23.3 Å². The van der Waals surface area contributed by atoms with Gasteiger partial charge in [-0.2, -0.15) is 0 Å². The summed E-state index contributed by atoms with van der Waals surface area (Å²) in [7, 11) is 1.60. The maximum Gasteiger partial charge on any atom is 0.319 e. The van der Waals surface area contributed by atoms with Gasteiger partial charge in [0.2, 0.25) is 0 Å². The van der Waals surface area contributed by atoms with Crippen molar-refractivity contribution in [2.24, 2.45) is 0 Å². The second-order valence-corrected chi connectivity index (χ2v) is 6.34. The largest absolute Gasteiger partial charge is 0.497 e. The first-order valence-electron chi connectivity index (χ1n) is 8.43. The number of carbonyl (C=O) groups excluding carboxylic acids is 2. The lowest BCUT2D eigenvalue weighted by molar-refractivity contribution is -0.126. The molecule has 3 amide bonds. The molecule has 2 aliphatic heterocycles. The Morgan fingerprint density at radius 3 is 2.50 bits per heavy atom. The van der Waals surface area contributed by atoms with Gasteiger partial charge in [-0.15, -0.1) is 0 Å². The van der Waals surface area contributed by atoms with Crippen molar-refractivity contribution in [2.45, 2.75) is 12.6 Å². The van der Waals surface area contributed by atoms with E-state index in [2.05, 4.69) is 10.6 Å². The molecule has 0 saturated carbocycles. The predicted octanol–water partition coefficient (Wildman–Crippen LogP) is 2.35. The Morgan fingerprint density at radius 1 is 1.08 bits per heavy atom. The van der Waals surface area contributed by atoms with E-state index in [0.29, 0.717) is 24.4 Å². The van der Waals surface area contributed by atoms with Crippen molar-refractivity contribution in [3.63, 3.8) is 0 Å². The van der Waals surface area contributed by atoms with Gasteiger partial charge in [-0.1, -0.05) is 42.5 Å². The molecule has 2 aromatic carbocycles. The molecule has 26 heavy (non-hydrogen) atoms. The molecular weight excluding hydrogens is 330 g/mol. The lowest BCUT2D eigenvalue weighted by Crippen LogP contribution is -2.44. The van der Waals surface area contributed by atoms with Crippen LogP contribution in [0.3, 0.4) is 0 Å². The highest BCUT2D eigenvalue weighted by Gasteiger charge is 2.40. The summed E-state index contributed by atoms with van der Waals surface area (Å²) in [5, 5.41) is 5.65. The highest BCUT2D eigenvalue weighted by Crippen LogP contribution is 2.33. The monoisotopic (exact) mass is 349 g/mol. The van der Waals surface area contributed by atoms with Gasteiger partial charge in [0.25, 0.3) is 5.91 Å². The lowest BCUT2D eigenvalue weighted by atomic mass is 9.96. The van der Waals surface area contributed by atoms with Crippen molar-refractivity contribution >= 4 is 11.9 Å². The fraction of sp³-hybridized carbons (Fsp3) is 0.200. The second-order valence-electron chi connectivity index (χ2n) is 6.34. The minimum atomic E-state index is -0.460. The van der Waals surface area contributed by atoms with Crippen molar-refractivity contribution < 1.29 is 14.3 Å². The molecule has 0 saturated heterocycles. The topological polar surface area (TPSA) is 70.7 Å². The van der Waals surface area contributed by atoms with Crippen LogP contribution < -0.4 is 15.4 Å². The van der Waals surface area contributed by atoms with E-state index < -0.39 is 6.04 Å². The van der Waals surface area contributed by atoms with Crippen LogP contribution in [-0.4, -0.2) is 30.5 Å². The highest BCUT2D eigenvalue weighted by atomic mass is 16.5. The van der Waals surface area contributed by atoms with Crippen LogP contribution in [0.4, 0.5) is 4.79 Å². The molecule has 2 aromatic rings. The first kappa shape index (κ1) is 16.2. The number of ether oxygens (including phenoxy) is 1. The third kappa shape index (κ3) is 2.90. The molecule has 6 heteroatoms. The van der Waals surface area contributed by atoms with Gasteiger partial charge in [0, 0.05) is 6.54 Å². The number of carbonyl (C=O) groups is 2. The zero-order chi connectivity index (χ0) is 18.1. The van der Waals surface area contributed by atoms with E-state index in [4.69, 9.17) is 4.74 Å². The molecule has 4 rings (SSSR count). The zero-order valence-electron chi connectivity index (χ0n) is 14.4. The standard InChI is InChI=1S/C20H19N3O3/c1-26-15-9-7-14(8-10-15)18-17-16(21-20(25)22-18)12-23(19(17)24)11-13-5-3-2-4-6-13/h2-10,18H,11-12H2,1H3,(H2,21,22,25)/t18-/m0/s1. The molecule has 0 aromatic heterocycles. The molecule has 132 valence electrons. The summed E-state index contributed by atoms with van der Waals surface area (Å²) < 4.78 is 5.18. The van der Waals surface area contributed by atoms with Gasteiger partial charge >= 0.3 is 6.03 Å². The molecule has 0 unspecified atom stereocenters. The average Bonchev–Trinajstić information content (AvgIpc) is 2.97. The molecule has 1 atom stereocenters. The maximum absolute atomic E-state index is 13.0. The van der Waals surface area contributed by atoms with E-state index in [1.165, 1.54) is 0 Å². The molecule has 0 fully saturated rings. The van der Waals surface area contributed by atoms with Crippen LogP contribution in [-0.2, 0) is 11.3 Å². The summed E-state index contributed by atoms with van der Waals surface area (Å²) in [4.78, 5) is 26.8. The summed E-state index contributed by atoms with van der Waals surface area (Å²) >= 11 is 0. The fourth-order valence-electron chi connectivity index (χ4n) is 3.41. The average molecular weight is 349 g/mol. The third-order valence-electron chi connectivity index (χ3n) is 4.69. The third-order valence-corrected chi connectivity index (χ3v) is 4.69. The van der Waals surface area contributed by atoms with Gasteiger partial charge < -0.3 is 20.3 Å². The van der Waals surface area contributed by atoms with Crippen molar-refractivity contribution in [2.75, 3.05) is 13.7 Å². The molecular formula is C20H19N3O3. The summed E-state index contributed by atoms with van der Waals surface area (Å²) in [5.41, 5.74) is 3.19. The summed E-state index contributed by atoms with van der Waals surface area (Å²) in [6.07, 6.45) is 0. The minimum absolute atomic E-state index is 0.0582. The molecule has 2 aliphatic rings.